The highest BCUT2D eigenvalue weighted by atomic mass is 32.2. The van der Waals surface area contributed by atoms with E-state index in [1.54, 1.807) is 38.1 Å². The van der Waals surface area contributed by atoms with Gasteiger partial charge in [-0.15, -0.1) is 0 Å². The zero-order chi connectivity index (χ0) is 22.4. The van der Waals surface area contributed by atoms with E-state index in [9.17, 15) is 22.6 Å². The van der Waals surface area contributed by atoms with Crippen molar-refractivity contribution in [2.45, 2.75) is 52.1 Å². The summed E-state index contributed by atoms with van der Waals surface area (Å²) in [5.74, 6) is -2.20. The fourth-order valence-corrected chi connectivity index (χ4v) is 6.83. The Morgan fingerprint density at radius 1 is 1.23 bits per heavy atom. The van der Waals surface area contributed by atoms with Crippen LogP contribution in [0.5, 0.6) is 5.75 Å². The molecule has 0 aromatic heterocycles. The summed E-state index contributed by atoms with van der Waals surface area (Å²) in [5.41, 5.74) is -3.37. The first-order valence-electron chi connectivity index (χ1n) is 10.3. The smallest absolute Gasteiger partial charge is 0.265 e. The molecule has 2 bridgehead atoms. The van der Waals surface area contributed by atoms with E-state index in [0.29, 0.717) is 31.6 Å². The van der Waals surface area contributed by atoms with Crippen LogP contribution in [0.15, 0.2) is 24.3 Å². The number of ketones is 2. The van der Waals surface area contributed by atoms with Gasteiger partial charge in [-0.3, -0.25) is 14.1 Å². The lowest BCUT2D eigenvalue weighted by atomic mass is 9.69. The molecular weight excluding hydrogens is 408 g/mol. The van der Waals surface area contributed by atoms with Crippen molar-refractivity contribution in [3.63, 3.8) is 0 Å². The van der Waals surface area contributed by atoms with Gasteiger partial charge >= 0.3 is 0 Å². The maximum absolute atomic E-state index is 13.7. The van der Waals surface area contributed by atoms with Crippen LogP contribution in [-0.2, 0) is 19.6 Å². The molecule has 2 aliphatic carbocycles. The third-order valence-electron chi connectivity index (χ3n) is 7.38. The van der Waals surface area contributed by atoms with E-state index in [-0.39, 0.29) is 11.3 Å². The Morgan fingerprint density at radius 2 is 1.90 bits per heavy atom. The van der Waals surface area contributed by atoms with Gasteiger partial charge in [0, 0.05) is 17.4 Å². The van der Waals surface area contributed by atoms with Gasteiger partial charge in [0.25, 0.3) is 10.1 Å². The second kappa shape index (κ2) is 7.73. The van der Waals surface area contributed by atoms with Gasteiger partial charge in [-0.05, 0) is 31.4 Å². The number of unbranched alkanes of at least 4 members (excludes halogenated alkanes) is 1. The van der Waals surface area contributed by atoms with Crippen LogP contribution in [-0.4, -0.2) is 49.6 Å². The molecular formula is C22H30O7S. The highest BCUT2D eigenvalue weighted by Gasteiger charge is 2.79. The monoisotopic (exact) mass is 438 g/mol. The molecule has 4 atom stereocenters. The molecule has 0 saturated heterocycles. The Labute approximate surface area is 177 Å². The zero-order valence-corrected chi connectivity index (χ0v) is 18.8. The number of carbonyl (C=O) groups excluding carboxylic acids is 2. The summed E-state index contributed by atoms with van der Waals surface area (Å²) in [6.45, 7) is 5.65. The molecule has 0 spiro atoms. The molecule has 0 radical (unpaired) electrons. The lowest BCUT2D eigenvalue weighted by Crippen LogP contribution is -2.53. The van der Waals surface area contributed by atoms with E-state index in [1.165, 1.54) is 7.11 Å². The molecule has 4 unspecified atom stereocenters. The minimum atomic E-state index is -4.42. The molecule has 2 fully saturated rings. The zero-order valence-electron chi connectivity index (χ0n) is 17.9. The quantitative estimate of drug-likeness (QED) is 0.273. The maximum atomic E-state index is 13.7. The summed E-state index contributed by atoms with van der Waals surface area (Å²) < 4.78 is 45.3. The van der Waals surface area contributed by atoms with E-state index in [2.05, 4.69) is 0 Å². The van der Waals surface area contributed by atoms with Crippen molar-refractivity contribution in [2.24, 2.45) is 16.7 Å². The third kappa shape index (κ3) is 3.20. The van der Waals surface area contributed by atoms with E-state index in [1.807, 2.05) is 6.92 Å². The highest BCUT2D eigenvalue weighted by Crippen LogP contribution is 2.70. The van der Waals surface area contributed by atoms with Gasteiger partial charge in [0.1, 0.15) is 11.7 Å². The van der Waals surface area contributed by atoms with E-state index in [0.717, 1.165) is 6.42 Å². The lowest BCUT2D eigenvalue weighted by Gasteiger charge is -2.43. The van der Waals surface area contributed by atoms with Crippen LogP contribution >= 0.6 is 0 Å². The fraction of sp³-hybridized carbons (Fsp3) is 0.636. The summed E-state index contributed by atoms with van der Waals surface area (Å²) in [6, 6.07) is 6.67. The lowest BCUT2D eigenvalue weighted by molar-refractivity contribution is -0.135. The van der Waals surface area contributed by atoms with Crippen molar-refractivity contribution in [3.8, 4) is 5.75 Å². The Hall–Kier alpha value is -1.77. The summed E-state index contributed by atoms with van der Waals surface area (Å²) in [5, 5.41) is 0. The van der Waals surface area contributed by atoms with Gasteiger partial charge in [0.15, 0.2) is 11.6 Å². The number of carbonyl (C=O) groups is 2. The number of hydrogen-bond acceptors (Lipinski definition) is 6. The standard InChI is InChI=1S/C22H30O7S/c1-5-6-13-29-22-12-11-20(2,21(22,3)14-30(25,26)27)19(24)17(22)18(23)15-9-7-8-10-16(15)28-4/h7-10,17H,5-6,11-14H2,1-4H3,(H,25,26,27). The molecule has 0 heterocycles. The third-order valence-corrected chi connectivity index (χ3v) is 8.33. The molecule has 0 aliphatic heterocycles. The summed E-state index contributed by atoms with van der Waals surface area (Å²) in [6.07, 6.45) is 2.34. The molecule has 2 aliphatic rings. The van der Waals surface area contributed by atoms with Crippen LogP contribution in [0, 0.1) is 16.7 Å². The summed E-state index contributed by atoms with van der Waals surface area (Å²) in [4.78, 5) is 27.3. The summed E-state index contributed by atoms with van der Waals surface area (Å²) >= 11 is 0. The SMILES string of the molecule is CCCCOC12CCC(C)(C(=O)C1C(=O)c1ccccc1OC)C2(C)CS(=O)(=O)O. The highest BCUT2D eigenvalue weighted by molar-refractivity contribution is 7.85. The van der Waals surface area contributed by atoms with Gasteiger partial charge in [0.2, 0.25) is 0 Å². The van der Waals surface area contributed by atoms with Gasteiger partial charge in [-0.25, -0.2) is 0 Å². The molecule has 2 saturated carbocycles. The largest absolute Gasteiger partial charge is 0.496 e. The number of methoxy groups -OCH3 is 1. The molecule has 30 heavy (non-hydrogen) atoms. The van der Waals surface area contributed by atoms with Crippen molar-refractivity contribution in [3.05, 3.63) is 29.8 Å². The Kier molecular flexibility index (Phi) is 5.90. The van der Waals surface area contributed by atoms with Crippen molar-refractivity contribution < 1.29 is 32.0 Å². The van der Waals surface area contributed by atoms with E-state index < -0.39 is 44.0 Å². The molecule has 7 nitrogen and oxygen atoms in total. The van der Waals surface area contributed by atoms with Crippen LogP contribution in [0.3, 0.4) is 0 Å². The Bertz CT molecular complexity index is 956. The van der Waals surface area contributed by atoms with Crippen molar-refractivity contribution in [1.82, 2.24) is 0 Å². The molecule has 3 rings (SSSR count). The van der Waals surface area contributed by atoms with Gasteiger partial charge < -0.3 is 9.47 Å². The van der Waals surface area contributed by atoms with Crippen molar-refractivity contribution in [2.75, 3.05) is 19.5 Å². The number of rotatable bonds is 9. The number of ether oxygens (including phenoxy) is 2. The predicted molar refractivity (Wildman–Crippen MR) is 111 cm³/mol. The van der Waals surface area contributed by atoms with Crippen LogP contribution < -0.4 is 4.74 Å². The van der Waals surface area contributed by atoms with E-state index >= 15 is 0 Å². The first-order valence-corrected chi connectivity index (χ1v) is 11.9. The number of fused-ring (bicyclic) bond motifs is 2. The average molecular weight is 439 g/mol. The minimum absolute atomic E-state index is 0.266. The first-order chi connectivity index (χ1) is 14.0. The number of hydrogen-bond donors (Lipinski definition) is 1. The molecule has 1 aromatic carbocycles. The predicted octanol–water partition coefficient (Wildman–Crippen LogP) is 3.33. The fourth-order valence-electron chi connectivity index (χ4n) is 5.54. The molecule has 166 valence electrons. The summed E-state index contributed by atoms with van der Waals surface area (Å²) in [7, 11) is -2.97. The number of benzene rings is 1. The van der Waals surface area contributed by atoms with Gasteiger partial charge in [-0.2, -0.15) is 8.42 Å². The van der Waals surface area contributed by atoms with Crippen LogP contribution in [0.1, 0.15) is 56.8 Å². The van der Waals surface area contributed by atoms with Gasteiger partial charge in [-0.1, -0.05) is 39.3 Å². The van der Waals surface area contributed by atoms with Crippen LogP contribution in [0.2, 0.25) is 0 Å². The van der Waals surface area contributed by atoms with Crippen molar-refractivity contribution in [1.29, 1.82) is 0 Å². The average Bonchev–Trinajstić information content (AvgIpc) is 2.96. The minimum Gasteiger partial charge on any atom is -0.496 e. The second-order valence-electron chi connectivity index (χ2n) is 8.84. The number of para-hydroxylation sites is 1. The number of Topliss-reactive ketones (excluding diaryl/α,β-unsaturated/α-hetero) is 2. The maximum Gasteiger partial charge on any atom is 0.265 e. The second-order valence-corrected chi connectivity index (χ2v) is 10.3. The van der Waals surface area contributed by atoms with Gasteiger partial charge in [0.05, 0.1) is 24.0 Å². The van der Waals surface area contributed by atoms with E-state index in [4.69, 9.17) is 9.47 Å². The molecule has 8 heteroatoms. The van der Waals surface area contributed by atoms with Crippen LogP contribution in [0.25, 0.3) is 0 Å². The Morgan fingerprint density at radius 3 is 2.50 bits per heavy atom. The van der Waals surface area contributed by atoms with Crippen LogP contribution in [0.4, 0.5) is 0 Å². The molecule has 1 N–H and O–H groups in total. The Balaban J connectivity index is 2.17. The topological polar surface area (TPSA) is 107 Å². The first kappa shape index (κ1) is 22.9. The normalized spacial score (nSPS) is 33.1. The molecule has 1 aromatic rings. The van der Waals surface area contributed by atoms with Crippen molar-refractivity contribution >= 4 is 21.7 Å². The molecule has 0 amide bonds.